The van der Waals surface area contributed by atoms with E-state index in [1.54, 1.807) is 0 Å². The molecule has 1 aromatic carbocycles. The Bertz CT molecular complexity index is 965. The van der Waals surface area contributed by atoms with E-state index in [9.17, 15) is 34.2 Å². The molecule has 9 N–H and O–H groups in total. The van der Waals surface area contributed by atoms with Crippen LogP contribution in [0.1, 0.15) is 50.5 Å². The zero-order valence-electron chi connectivity index (χ0n) is 21.2. The first-order chi connectivity index (χ1) is 18.1. The zero-order valence-corrected chi connectivity index (χ0v) is 21.2. The van der Waals surface area contributed by atoms with Gasteiger partial charge in [-0.1, -0.05) is 12.1 Å². The van der Waals surface area contributed by atoms with Crippen LogP contribution in [-0.2, 0) is 30.4 Å². The van der Waals surface area contributed by atoms with Gasteiger partial charge < -0.3 is 42.3 Å². The van der Waals surface area contributed by atoms with Gasteiger partial charge in [0.2, 0.25) is 17.7 Å². The summed E-state index contributed by atoms with van der Waals surface area (Å²) in [6, 6.07) is 1.74. The largest absolute Gasteiger partial charge is 0.508 e. The van der Waals surface area contributed by atoms with Crippen molar-refractivity contribution in [1.82, 2.24) is 21.3 Å². The number of aromatic hydroxyl groups is 1. The molecule has 0 saturated carbocycles. The predicted molar refractivity (Wildman–Crippen MR) is 136 cm³/mol. The maximum atomic E-state index is 13.1. The smallest absolute Gasteiger partial charge is 0.326 e. The number of hydrogen-bond donors (Lipinski definition) is 8. The maximum Gasteiger partial charge on any atom is 0.326 e. The molecule has 1 saturated heterocycles. The molecule has 0 aliphatic carbocycles. The number of rotatable bonds is 16. The van der Waals surface area contributed by atoms with Gasteiger partial charge in [-0.15, -0.1) is 0 Å². The van der Waals surface area contributed by atoms with E-state index in [4.69, 9.17) is 10.8 Å². The number of nitrogens with one attached hydrogen (secondary N) is 4. The summed E-state index contributed by atoms with van der Waals surface area (Å²) < 4.78 is 0. The van der Waals surface area contributed by atoms with Crippen LogP contribution in [0.3, 0.4) is 0 Å². The van der Waals surface area contributed by atoms with Gasteiger partial charge in [-0.3, -0.25) is 19.2 Å². The van der Waals surface area contributed by atoms with Crippen LogP contribution in [0, 0.1) is 0 Å². The van der Waals surface area contributed by atoms with Crippen LogP contribution in [0.4, 0.5) is 0 Å². The SMILES string of the molecule is NCCCC[C@H](NC(=O)[C@H](CCC(=O)O)NC(=O)[C@@H]1CCCN1)C(=O)N[C@@H](Cc1ccc(O)cc1)C(=O)O. The number of amides is 3. The number of carbonyl (C=O) groups excluding carboxylic acids is 3. The van der Waals surface area contributed by atoms with E-state index in [0.717, 1.165) is 6.42 Å². The summed E-state index contributed by atoms with van der Waals surface area (Å²) in [5, 5.41) is 38.8. The Morgan fingerprint density at radius 2 is 1.55 bits per heavy atom. The number of phenolic OH excluding ortho intramolecular Hbond substituents is 1. The summed E-state index contributed by atoms with van der Waals surface area (Å²) in [4.78, 5) is 61.8. The minimum atomic E-state index is -1.31. The average molecular weight is 536 g/mol. The summed E-state index contributed by atoms with van der Waals surface area (Å²) in [6.07, 6.45) is 1.93. The number of nitrogens with two attached hydrogens (primary N) is 1. The fourth-order valence-corrected chi connectivity index (χ4v) is 4.09. The van der Waals surface area contributed by atoms with Crippen molar-refractivity contribution in [3.05, 3.63) is 29.8 Å². The van der Waals surface area contributed by atoms with Gasteiger partial charge in [0.05, 0.1) is 6.04 Å². The Morgan fingerprint density at radius 3 is 2.11 bits per heavy atom. The van der Waals surface area contributed by atoms with E-state index >= 15 is 0 Å². The molecule has 2 rings (SSSR count). The molecular weight excluding hydrogens is 498 g/mol. The topological polar surface area (TPSA) is 220 Å². The average Bonchev–Trinajstić information content (AvgIpc) is 3.41. The lowest BCUT2D eigenvalue weighted by Crippen LogP contribution is -2.57. The maximum absolute atomic E-state index is 13.1. The number of benzene rings is 1. The third-order valence-electron chi connectivity index (χ3n) is 6.23. The molecule has 3 amide bonds. The Balaban J connectivity index is 2.13. The molecule has 0 spiro atoms. The van der Waals surface area contributed by atoms with E-state index in [1.165, 1.54) is 24.3 Å². The number of unbranched alkanes of at least 4 members (excludes halogenated alkanes) is 1. The molecule has 1 fully saturated rings. The first-order valence-electron chi connectivity index (χ1n) is 12.7. The highest BCUT2D eigenvalue weighted by Crippen LogP contribution is 2.12. The Kier molecular flexibility index (Phi) is 12.5. The molecule has 4 atom stereocenters. The van der Waals surface area contributed by atoms with Crippen LogP contribution < -0.4 is 27.0 Å². The number of aliphatic carboxylic acids is 2. The van der Waals surface area contributed by atoms with Crippen molar-refractivity contribution in [2.75, 3.05) is 13.1 Å². The van der Waals surface area contributed by atoms with Crippen LogP contribution in [0.2, 0.25) is 0 Å². The van der Waals surface area contributed by atoms with Gasteiger partial charge >= 0.3 is 11.9 Å². The normalized spacial score (nSPS) is 17.1. The Morgan fingerprint density at radius 1 is 0.921 bits per heavy atom. The van der Waals surface area contributed by atoms with Gasteiger partial charge in [-0.25, -0.2) is 4.79 Å². The first-order valence-corrected chi connectivity index (χ1v) is 12.7. The van der Waals surface area contributed by atoms with E-state index in [1.807, 2.05) is 0 Å². The highest BCUT2D eigenvalue weighted by molar-refractivity contribution is 5.94. The molecule has 0 unspecified atom stereocenters. The third-order valence-corrected chi connectivity index (χ3v) is 6.23. The van der Waals surface area contributed by atoms with Crippen LogP contribution in [0.5, 0.6) is 5.75 Å². The fraction of sp³-hybridized carbons (Fsp3) is 0.560. The third kappa shape index (κ3) is 10.3. The zero-order chi connectivity index (χ0) is 28.1. The fourth-order valence-electron chi connectivity index (χ4n) is 4.09. The molecule has 1 aliphatic rings. The molecule has 38 heavy (non-hydrogen) atoms. The van der Waals surface area contributed by atoms with E-state index in [2.05, 4.69) is 21.3 Å². The second kappa shape index (κ2) is 15.5. The van der Waals surface area contributed by atoms with E-state index in [0.29, 0.717) is 37.9 Å². The molecule has 13 nitrogen and oxygen atoms in total. The summed E-state index contributed by atoms with van der Waals surface area (Å²) in [6.45, 7) is 1.01. The molecule has 1 heterocycles. The molecule has 1 aromatic rings. The van der Waals surface area contributed by atoms with Crippen molar-refractivity contribution in [3.63, 3.8) is 0 Å². The molecular formula is C25H37N5O8. The molecule has 210 valence electrons. The van der Waals surface area contributed by atoms with E-state index < -0.39 is 53.8 Å². The Hall–Kier alpha value is -3.71. The second-order valence-electron chi connectivity index (χ2n) is 9.26. The van der Waals surface area contributed by atoms with Crippen molar-refractivity contribution in [2.24, 2.45) is 5.73 Å². The Labute approximate surface area is 220 Å². The van der Waals surface area contributed by atoms with Gasteiger partial charge in [-0.05, 0) is 69.3 Å². The number of hydrogen-bond acceptors (Lipinski definition) is 8. The lowest BCUT2D eigenvalue weighted by molar-refractivity contribution is -0.142. The van der Waals surface area contributed by atoms with Crippen molar-refractivity contribution in [1.29, 1.82) is 0 Å². The number of carboxylic acids is 2. The van der Waals surface area contributed by atoms with Crippen molar-refractivity contribution < 1.29 is 39.3 Å². The van der Waals surface area contributed by atoms with Crippen LogP contribution >= 0.6 is 0 Å². The number of phenols is 1. The first kappa shape index (κ1) is 30.5. The van der Waals surface area contributed by atoms with Crippen molar-refractivity contribution >= 4 is 29.7 Å². The minimum absolute atomic E-state index is 0.0144. The van der Waals surface area contributed by atoms with Crippen molar-refractivity contribution in [3.8, 4) is 5.75 Å². The monoisotopic (exact) mass is 535 g/mol. The van der Waals surface area contributed by atoms with Crippen molar-refractivity contribution in [2.45, 2.75) is 75.5 Å². The van der Waals surface area contributed by atoms with E-state index in [-0.39, 0.29) is 31.4 Å². The van der Waals surface area contributed by atoms with Gasteiger partial charge in [0.1, 0.15) is 23.9 Å². The van der Waals surface area contributed by atoms with Crippen LogP contribution in [-0.4, -0.2) is 82.2 Å². The van der Waals surface area contributed by atoms with Gasteiger partial charge in [0.15, 0.2) is 0 Å². The second-order valence-corrected chi connectivity index (χ2v) is 9.26. The standard InChI is InChI=1S/C25H37N5O8/c26-12-2-1-4-18(23(35)30-20(25(37)38)14-15-6-8-16(31)9-7-15)28-24(36)19(10-11-21(32)33)29-22(34)17-5-3-13-27-17/h6-9,17-20,27,31H,1-5,10-14,26H2,(H,28,36)(H,29,34)(H,30,35)(H,32,33)(H,37,38)/t17-,18-,19-,20-/m0/s1. The molecule has 13 heteroatoms. The number of carboxylic acid groups (broad SMARTS) is 2. The minimum Gasteiger partial charge on any atom is -0.508 e. The van der Waals surface area contributed by atoms with Crippen LogP contribution in [0.15, 0.2) is 24.3 Å². The van der Waals surface area contributed by atoms with Crippen LogP contribution in [0.25, 0.3) is 0 Å². The van der Waals surface area contributed by atoms with Gasteiger partial charge in [0.25, 0.3) is 0 Å². The highest BCUT2D eigenvalue weighted by Gasteiger charge is 2.31. The summed E-state index contributed by atoms with van der Waals surface area (Å²) in [7, 11) is 0. The lowest BCUT2D eigenvalue weighted by Gasteiger charge is -2.25. The summed E-state index contributed by atoms with van der Waals surface area (Å²) >= 11 is 0. The lowest BCUT2D eigenvalue weighted by atomic mass is 10.0. The summed E-state index contributed by atoms with van der Waals surface area (Å²) in [5.41, 5.74) is 6.11. The molecule has 0 aromatic heterocycles. The number of carbonyl (C=O) groups is 5. The van der Waals surface area contributed by atoms with Gasteiger partial charge in [0, 0.05) is 12.8 Å². The predicted octanol–water partition coefficient (Wildman–Crippen LogP) is -0.780. The molecule has 1 aliphatic heterocycles. The molecule has 0 radical (unpaired) electrons. The quantitative estimate of drug-likeness (QED) is 0.123. The van der Waals surface area contributed by atoms with Gasteiger partial charge in [-0.2, -0.15) is 0 Å². The highest BCUT2D eigenvalue weighted by atomic mass is 16.4. The molecule has 0 bridgehead atoms. The summed E-state index contributed by atoms with van der Waals surface area (Å²) in [5.74, 6) is -4.32.